The molecule has 0 unspecified atom stereocenters. The van der Waals surface area contributed by atoms with Crippen LogP contribution in [0.4, 0.5) is 5.69 Å². The van der Waals surface area contributed by atoms with E-state index < -0.39 is 0 Å². The molecule has 3 aliphatic rings. The van der Waals surface area contributed by atoms with Crippen LogP contribution in [0.5, 0.6) is 11.5 Å². The zero-order valence-electron chi connectivity index (χ0n) is 17.1. The van der Waals surface area contributed by atoms with Gasteiger partial charge in [0.25, 0.3) is 0 Å². The van der Waals surface area contributed by atoms with Gasteiger partial charge in [-0.15, -0.1) is 0 Å². The second-order valence-electron chi connectivity index (χ2n) is 8.67. The number of ether oxygens (including phenoxy) is 2. The summed E-state index contributed by atoms with van der Waals surface area (Å²) < 4.78 is 11.2. The summed E-state index contributed by atoms with van der Waals surface area (Å²) in [5.74, 6) is 3.45. The number of rotatable bonds is 5. The van der Waals surface area contributed by atoms with Crippen LogP contribution in [0.2, 0.25) is 0 Å². The normalized spacial score (nSPS) is 25.5. The van der Waals surface area contributed by atoms with Crippen molar-refractivity contribution in [2.24, 2.45) is 17.8 Å². The molecule has 2 aromatic rings. The van der Waals surface area contributed by atoms with Crippen LogP contribution in [0, 0.1) is 17.8 Å². The van der Waals surface area contributed by atoms with E-state index >= 15 is 0 Å². The molecule has 7 nitrogen and oxygen atoms in total. The highest BCUT2D eigenvalue weighted by Crippen LogP contribution is 2.41. The molecule has 2 aliphatic heterocycles. The number of nitrogens with zero attached hydrogens (tertiary/aromatic N) is 3. The van der Waals surface area contributed by atoms with E-state index in [9.17, 15) is 4.79 Å². The number of nitrogens with one attached hydrogen (secondary N) is 1. The third-order valence-corrected chi connectivity index (χ3v) is 6.63. The average molecular weight is 409 g/mol. The molecule has 3 heterocycles. The van der Waals surface area contributed by atoms with E-state index in [0.717, 1.165) is 30.9 Å². The Morgan fingerprint density at radius 1 is 1.10 bits per heavy atom. The van der Waals surface area contributed by atoms with Gasteiger partial charge in [0, 0.05) is 37.2 Å². The molecule has 1 N–H and O–H groups in total. The standard InChI is InChI=1S/C23H28N4O3/c28-23(26-19-4-5-21-22(9-19)30-7-6-29-21)14-27-12-18-3-1-2-17(20(18)13-27)8-16-10-24-15-25-11-16/h4-5,9-11,15,17-18,20H,1-3,6-8,12-14H2,(H,26,28)/t17-,18-,20-/m1/s1. The highest BCUT2D eigenvalue weighted by Gasteiger charge is 2.40. The van der Waals surface area contributed by atoms with Gasteiger partial charge in [-0.1, -0.05) is 6.42 Å². The van der Waals surface area contributed by atoms with Gasteiger partial charge >= 0.3 is 0 Å². The minimum atomic E-state index is 0.0262. The van der Waals surface area contributed by atoms with Gasteiger partial charge in [0.15, 0.2) is 11.5 Å². The van der Waals surface area contributed by atoms with Gasteiger partial charge in [-0.05, 0) is 54.7 Å². The van der Waals surface area contributed by atoms with Crippen molar-refractivity contribution in [3.8, 4) is 11.5 Å². The van der Waals surface area contributed by atoms with Gasteiger partial charge in [0.1, 0.15) is 19.5 Å². The van der Waals surface area contributed by atoms with Crippen molar-refractivity contribution in [2.45, 2.75) is 25.7 Å². The summed E-state index contributed by atoms with van der Waals surface area (Å²) in [6, 6.07) is 5.56. The first kappa shape index (κ1) is 19.3. The van der Waals surface area contributed by atoms with Crippen molar-refractivity contribution in [1.29, 1.82) is 0 Å². The lowest BCUT2D eigenvalue weighted by Crippen LogP contribution is -2.32. The number of likely N-dealkylation sites (tertiary alicyclic amines) is 1. The first-order valence-corrected chi connectivity index (χ1v) is 10.9. The maximum absolute atomic E-state index is 12.7. The van der Waals surface area contributed by atoms with Crippen molar-refractivity contribution in [3.05, 3.63) is 42.5 Å². The number of benzene rings is 1. The van der Waals surface area contributed by atoms with E-state index in [1.54, 1.807) is 6.33 Å². The number of amides is 1. The van der Waals surface area contributed by atoms with Crippen LogP contribution >= 0.6 is 0 Å². The predicted octanol–water partition coefficient (Wildman–Crippen LogP) is 2.78. The maximum Gasteiger partial charge on any atom is 0.238 e. The number of hydrogen-bond donors (Lipinski definition) is 1. The molecule has 0 radical (unpaired) electrons. The summed E-state index contributed by atoms with van der Waals surface area (Å²) in [7, 11) is 0. The summed E-state index contributed by atoms with van der Waals surface area (Å²) >= 11 is 0. The van der Waals surface area contributed by atoms with Gasteiger partial charge in [0.2, 0.25) is 5.91 Å². The lowest BCUT2D eigenvalue weighted by atomic mass is 9.72. The fourth-order valence-corrected chi connectivity index (χ4v) is 5.33. The molecular formula is C23H28N4O3. The van der Waals surface area contributed by atoms with Crippen LogP contribution in [0.15, 0.2) is 36.9 Å². The van der Waals surface area contributed by atoms with Crippen LogP contribution < -0.4 is 14.8 Å². The summed E-state index contributed by atoms with van der Waals surface area (Å²) in [4.78, 5) is 23.3. The van der Waals surface area contributed by atoms with Crippen LogP contribution in [-0.4, -0.2) is 53.6 Å². The number of anilines is 1. The number of carbonyl (C=O) groups is 1. The maximum atomic E-state index is 12.7. The second-order valence-corrected chi connectivity index (χ2v) is 8.67. The molecule has 1 saturated carbocycles. The topological polar surface area (TPSA) is 76.6 Å². The average Bonchev–Trinajstić information content (AvgIpc) is 3.18. The highest BCUT2D eigenvalue weighted by atomic mass is 16.6. The number of carbonyl (C=O) groups excluding carboxylic acids is 1. The Kier molecular flexibility index (Phi) is 5.53. The molecule has 0 bridgehead atoms. The molecule has 1 aliphatic carbocycles. The zero-order valence-corrected chi connectivity index (χ0v) is 17.1. The first-order chi connectivity index (χ1) is 14.7. The lowest BCUT2D eigenvalue weighted by Gasteiger charge is -2.33. The van der Waals surface area contributed by atoms with E-state index in [0.29, 0.717) is 43.3 Å². The summed E-state index contributed by atoms with van der Waals surface area (Å²) in [5.41, 5.74) is 1.97. The van der Waals surface area contributed by atoms with Crippen molar-refractivity contribution < 1.29 is 14.3 Å². The summed E-state index contributed by atoms with van der Waals surface area (Å²) in [5, 5.41) is 3.02. The third-order valence-electron chi connectivity index (χ3n) is 6.63. The fraction of sp³-hybridized carbons (Fsp3) is 0.522. The Morgan fingerprint density at radius 3 is 2.80 bits per heavy atom. The minimum Gasteiger partial charge on any atom is -0.486 e. The molecule has 0 spiro atoms. The third kappa shape index (κ3) is 4.26. The van der Waals surface area contributed by atoms with E-state index in [1.807, 2.05) is 30.6 Å². The van der Waals surface area contributed by atoms with E-state index in [-0.39, 0.29) is 5.91 Å². The molecule has 7 heteroatoms. The van der Waals surface area contributed by atoms with E-state index in [2.05, 4.69) is 20.2 Å². The predicted molar refractivity (Wildman–Crippen MR) is 113 cm³/mol. The zero-order chi connectivity index (χ0) is 20.3. The van der Waals surface area contributed by atoms with Gasteiger partial charge in [-0.2, -0.15) is 0 Å². The molecule has 1 aromatic carbocycles. The number of aromatic nitrogens is 2. The van der Waals surface area contributed by atoms with Crippen LogP contribution in [0.3, 0.4) is 0 Å². The minimum absolute atomic E-state index is 0.0262. The Balaban J connectivity index is 1.18. The Hall–Kier alpha value is -2.67. The second kappa shape index (κ2) is 8.60. The van der Waals surface area contributed by atoms with Crippen LogP contribution in [0.25, 0.3) is 0 Å². The molecule has 30 heavy (non-hydrogen) atoms. The molecule has 2 fully saturated rings. The number of hydrogen-bond acceptors (Lipinski definition) is 6. The van der Waals surface area contributed by atoms with Crippen molar-refractivity contribution in [2.75, 3.05) is 38.2 Å². The van der Waals surface area contributed by atoms with Gasteiger partial charge in [0.05, 0.1) is 6.54 Å². The summed E-state index contributed by atoms with van der Waals surface area (Å²) in [6.45, 7) is 3.55. The monoisotopic (exact) mass is 408 g/mol. The smallest absolute Gasteiger partial charge is 0.238 e. The molecule has 1 saturated heterocycles. The summed E-state index contributed by atoms with van der Waals surface area (Å²) in [6.07, 6.45) is 10.3. The van der Waals surface area contributed by atoms with E-state index in [4.69, 9.17) is 9.47 Å². The lowest BCUT2D eigenvalue weighted by molar-refractivity contribution is -0.117. The molecule has 1 amide bonds. The van der Waals surface area contributed by atoms with Crippen molar-refractivity contribution >= 4 is 11.6 Å². The molecule has 5 rings (SSSR count). The first-order valence-electron chi connectivity index (χ1n) is 10.9. The quantitative estimate of drug-likeness (QED) is 0.820. The number of fused-ring (bicyclic) bond motifs is 2. The Morgan fingerprint density at radius 2 is 1.93 bits per heavy atom. The Bertz CT molecular complexity index is 891. The fourth-order valence-electron chi connectivity index (χ4n) is 5.33. The van der Waals surface area contributed by atoms with Gasteiger partial charge in [-0.25, -0.2) is 9.97 Å². The molecule has 158 valence electrons. The Labute approximate surface area is 176 Å². The van der Waals surface area contributed by atoms with Gasteiger partial charge < -0.3 is 14.8 Å². The van der Waals surface area contributed by atoms with Crippen LogP contribution in [-0.2, 0) is 11.2 Å². The molecule has 3 atom stereocenters. The highest BCUT2D eigenvalue weighted by molar-refractivity contribution is 5.92. The molecular weight excluding hydrogens is 380 g/mol. The molecule has 1 aromatic heterocycles. The van der Waals surface area contributed by atoms with Crippen LogP contribution in [0.1, 0.15) is 24.8 Å². The van der Waals surface area contributed by atoms with Gasteiger partial charge in [-0.3, -0.25) is 9.69 Å². The van der Waals surface area contributed by atoms with E-state index in [1.165, 1.54) is 24.8 Å². The SMILES string of the molecule is O=C(CN1C[C@H]2CCC[C@H](Cc3cncnc3)[C@H]2C1)Nc1ccc2c(c1)OCCO2. The van der Waals surface area contributed by atoms with Crippen molar-refractivity contribution in [1.82, 2.24) is 14.9 Å². The van der Waals surface area contributed by atoms with Crippen molar-refractivity contribution in [3.63, 3.8) is 0 Å². The largest absolute Gasteiger partial charge is 0.486 e.